The molecule has 2 saturated heterocycles. The smallest absolute Gasteiger partial charge is 0.261 e. The van der Waals surface area contributed by atoms with Gasteiger partial charge in [0.1, 0.15) is 5.75 Å². The van der Waals surface area contributed by atoms with Crippen LogP contribution in [0, 0.1) is 11.8 Å². The van der Waals surface area contributed by atoms with Crippen LogP contribution in [0.2, 0.25) is 0 Å². The molecule has 2 atom stereocenters. The van der Waals surface area contributed by atoms with Crippen molar-refractivity contribution in [1.29, 1.82) is 0 Å². The molecule has 2 unspecified atom stereocenters. The van der Waals surface area contributed by atoms with Crippen molar-refractivity contribution in [1.82, 2.24) is 20.0 Å². The van der Waals surface area contributed by atoms with Crippen LogP contribution in [0.3, 0.4) is 0 Å². The normalized spacial score (nSPS) is 18.1. The molecule has 2 heterocycles. The molecule has 65 heavy (non-hydrogen) atoms. The highest BCUT2D eigenvalue weighted by molar-refractivity contribution is 5.82. The van der Waals surface area contributed by atoms with Crippen molar-refractivity contribution < 1.29 is 31.9 Å². The lowest BCUT2D eigenvalue weighted by molar-refractivity contribution is -0.137. The first-order chi connectivity index (χ1) is 30.9. The molecule has 11 heteroatoms. The van der Waals surface area contributed by atoms with Gasteiger partial charge in [-0.15, -0.1) is 0 Å². The minimum atomic E-state index is -3.00. The number of hydrogen-bond donors (Lipinski definition) is 1. The maximum atomic E-state index is 15.6. The minimum absolute atomic E-state index is 0.196. The summed E-state index contributed by atoms with van der Waals surface area (Å²) >= 11 is 0. The molecule has 5 aromatic rings. The largest absolute Gasteiger partial charge is 0.497 e. The number of carbonyl (C=O) groups is 2. The fourth-order valence-corrected chi connectivity index (χ4v) is 9.25. The molecule has 346 valence electrons. The Morgan fingerprint density at radius 2 is 0.954 bits per heavy atom. The van der Waals surface area contributed by atoms with Gasteiger partial charge >= 0.3 is 0 Å². The molecule has 5 aromatic carbocycles. The number of nitrogens with one attached hydrogen (secondary N) is 1. The first-order valence-electron chi connectivity index (χ1n) is 22.5. The Bertz CT molecular complexity index is 2160. The molecule has 7 nitrogen and oxygen atoms in total. The quantitative estimate of drug-likeness (QED) is 0.0837. The predicted octanol–water partition coefficient (Wildman–Crippen LogP) is 11.2. The number of rotatable bonds is 19. The van der Waals surface area contributed by atoms with Gasteiger partial charge in [0, 0.05) is 68.5 Å². The van der Waals surface area contributed by atoms with Crippen LogP contribution in [0.25, 0.3) is 0 Å². The topological polar surface area (TPSA) is 65.1 Å². The molecule has 0 aliphatic carbocycles. The lowest BCUT2D eigenvalue weighted by Crippen LogP contribution is -2.41. The number of carbonyl (C=O) groups excluding carboxylic acids is 2. The van der Waals surface area contributed by atoms with Gasteiger partial charge in [0.2, 0.25) is 11.8 Å². The summed E-state index contributed by atoms with van der Waals surface area (Å²) in [5.74, 6) is -7.01. The number of likely N-dealkylation sites (tertiary alicyclic amines) is 1. The maximum Gasteiger partial charge on any atom is 0.261 e. The van der Waals surface area contributed by atoms with E-state index in [4.69, 9.17) is 4.74 Å². The number of halogens is 4. The van der Waals surface area contributed by atoms with Gasteiger partial charge in [-0.3, -0.25) is 19.4 Å². The summed E-state index contributed by atoms with van der Waals surface area (Å²) in [6.45, 7) is 9.00. The first-order valence-corrected chi connectivity index (χ1v) is 22.5. The molecular weight excluding hydrogens is 829 g/mol. The standard InChI is InChI=1S/C31H36F2N2O2.C23H28F2N2O/c1-30(2)18-27(29(36)35(30)22-26-14-16-28(37-3)17-15-26)19-31(32,33)23-34(20-24-10-6-4-7-11-24)21-25-12-8-5-9-13-25;1-22(2)13-20(21(28)26-22)14-23(24,25)17-27(15-18-9-5-3-6-10-18)16-19-11-7-4-8-12-19/h4-17,27H,18-23H2,1-3H3;3-12,20H,13-17H2,1-2H3,(H,26,28). The second kappa shape index (κ2) is 21.6. The third kappa shape index (κ3) is 15.0. The summed E-state index contributed by atoms with van der Waals surface area (Å²) in [4.78, 5) is 30.7. The van der Waals surface area contributed by atoms with E-state index in [2.05, 4.69) is 5.32 Å². The van der Waals surface area contributed by atoms with Crippen LogP contribution in [0.5, 0.6) is 5.75 Å². The second-order valence-corrected chi connectivity index (χ2v) is 19.1. The molecule has 2 aliphatic rings. The van der Waals surface area contributed by atoms with E-state index in [0.717, 1.165) is 33.6 Å². The second-order valence-electron chi connectivity index (χ2n) is 19.1. The van der Waals surface area contributed by atoms with E-state index in [1.165, 1.54) is 0 Å². The number of ether oxygens (including phenoxy) is 1. The average Bonchev–Trinajstić information content (AvgIpc) is 3.63. The Kier molecular flexibility index (Phi) is 16.3. The van der Waals surface area contributed by atoms with E-state index >= 15 is 8.78 Å². The third-order valence-corrected chi connectivity index (χ3v) is 12.2. The Labute approximate surface area is 382 Å². The van der Waals surface area contributed by atoms with Crippen LogP contribution >= 0.6 is 0 Å². The van der Waals surface area contributed by atoms with Crippen molar-refractivity contribution in [2.45, 2.75) is 109 Å². The number of benzene rings is 5. The predicted molar refractivity (Wildman–Crippen MR) is 249 cm³/mol. The zero-order valence-corrected chi connectivity index (χ0v) is 38.4. The van der Waals surface area contributed by atoms with Crippen molar-refractivity contribution in [2.75, 3.05) is 20.2 Å². The summed E-state index contributed by atoms with van der Waals surface area (Å²) in [7, 11) is 1.60. The number of nitrogens with zero attached hydrogens (tertiary/aromatic N) is 3. The highest BCUT2D eigenvalue weighted by atomic mass is 19.3. The highest BCUT2D eigenvalue weighted by Crippen LogP contribution is 2.41. The van der Waals surface area contributed by atoms with Gasteiger partial charge in [-0.2, -0.15) is 0 Å². The Balaban J connectivity index is 0.000000224. The van der Waals surface area contributed by atoms with Crippen LogP contribution in [0.4, 0.5) is 17.6 Å². The molecule has 0 radical (unpaired) electrons. The number of alkyl halides is 4. The van der Waals surface area contributed by atoms with E-state index in [9.17, 15) is 18.4 Å². The molecule has 2 fully saturated rings. The molecule has 7 rings (SSSR count). The van der Waals surface area contributed by atoms with Crippen LogP contribution in [-0.2, 0) is 42.3 Å². The minimum Gasteiger partial charge on any atom is -0.497 e. The molecular formula is C54H64F4N4O3. The van der Waals surface area contributed by atoms with Crippen LogP contribution < -0.4 is 10.1 Å². The molecule has 2 amide bonds. The van der Waals surface area contributed by atoms with E-state index < -0.39 is 54.1 Å². The molecule has 2 aliphatic heterocycles. The highest BCUT2D eigenvalue weighted by Gasteiger charge is 2.49. The Morgan fingerprint density at radius 3 is 1.31 bits per heavy atom. The van der Waals surface area contributed by atoms with Gasteiger partial charge in [-0.25, -0.2) is 17.6 Å². The van der Waals surface area contributed by atoms with Gasteiger partial charge in [0.15, 0.2) is 0 Å². The summed E-state index contributed by atoms with van der Waals surface area (Å²) in [6, 6.07) is 46.2. The summed E-state index contributed by atoms with van der Waals surface area (Å²) in [6.07, 6.45) is -0.00938. The SMILES string of the molecule is CC1(C)CC(CC(F)(F)CN(Cc2ccccc2)Cc2ccccc2)C(=O)N1.COc1ccc(CN2C(=O)C(CC(F)(F)CN(Cc3ccccc3)Cc3ccccc3)CC2(C)C)cc1. The van der Waals surface area contributed by atoms with E-state index in [1.54, 1.807) is 21.8 Å². The van der Waals surface area contributed by atoms with Gasteiger partial charge in [-0.1, -0.05) is 133 Å². The van der Waals surface area contributed by atoms with Crippen molar-refractivity contribution in [3.63, 3.8) is 0 Å². The van der Waals surface area contributed by atoms with Crippen molar-refractivity contribution in [3.05, 3.63) is 173 Å². The van der Waals surface area contributed by atoms with Crippen LogP contribution in [-0.4, -0.2) is 69.6 Å². The summed E-state index contributed by atoms with van der Waals surface area (Å²) in [5.41, 5.74) is 4.00. The lowest BCUT2D eigenvalue weighted by atomic mass is 9.91. The maximum absolute atomic E-state index is 15.6. The van der Waals surface area contributed by atoms with E-state index in [-0.39, 0.29) is 18.4 Å². The van der Waals surface area contributed by atoms with Crippen LogP contribution in [0.1, 0.15) is 81.2 Å². The Morgan fingerprint density at radius 1 is 0.569 bits per heavy atom. The number of hydrogen-bond acceptors (Lipinski definition) is 5. The molecule has 0 aromatic heterocycles. The average molecular weight is 893 g/mol. The van der Waals surface area contributed by atoms with Gasteiger partial charge in [0.05, 0.1) is 20.2 Å². The van der Waals surface area contributed by atoms with Crippen molar-refractivity contribution in [2.24, 2.45) is 11.8 Å². The van der Waals surface area contributed by atoms with Crippen LogP contribution in [0.15, 0.2) is 146 Å². The van der Waals surface area contributed by atoms with E-state index in [1.807, 2.05) is 173 Å². The molecule has 0 saturated carbocycles. The van der Waals surface area contributed by atoms with Gasteiger partial charge in [-0.05, 0) is 80.5 Å². The van der Waals surface area contributed by atoms with Crippen molar-refractivity contribution in [3.8, 4) is 5.75 Å². The van der Waals surface area contributed by atoms with E-state index in [0.29, 0.717) is 45.6 Å². The number of methoxy groups -OCH3 is 1. The summed E-state index contributed by atoms with van der Waals surface area (Å²) in [5, 5.41) is 2.81. The van der Waals surface area contributed by atoms with Gasteiger partial charge < -0.3 is 15.0 Å². The Hall–Kier alpha value is -5.52. The summed E-state index contributed by atoms with van der Waals surface area (Å²) < 4.78 is 66.2. The third-order valence-electron chi connectivity index (χ3n) is 12.2. The zero-order valence-electron chi connectivity index (χ0n) is 38.4. The van der Waals surface area contributed by atoms with Crippen molar-refractivity contribution >= 4 is 11.8 Å². The first kappa shape index (κ1) is 48.9. The lowest BCUT2D eigenvalue weighted by Gasteiger charge is -2.31. The monoisotopic (exact) mass is 892 g/mol. The fourth-order valence-electron chi connectivity index (χ4n) is 9.25. The molecule has 0 spiro atoms. The molecule has 1 N–H and O–H groups in total. The fraction of sp³-hybridized carbons (Fsp3) is 0.407. The molecule has 0 bridgehead atoms. The van der Waals surface area contributed by atoms with Gasteiger partial charge in [0.25, 0.3) is 11.8 Å². The zero-order chi connectivity index (χ0) is 46.7. The number of amides is 2.